The van der Waals surface area contributed by atoms with Crippen molar-refractivity contribution in [1.82, 2.24) is 0 Å². The number of morpholine rings is 1. The van der Waals surface area contributed by atoms with Gasteiger partial charge in [0.2, 0.25) is 0 Å². The van der Waals surface area contributed by atoms with E-state index in [9.17, 15) is 5.26 Å². The molecule has 1 aromatic heterocycles. The molecule has 1 fully saturated rings. The molecule has 0 radical (unpaired) electrons. The van der Waals surface area contributed by atoms with Crippen LogP contribution in [0.4, 0.5) is 10.0 Å². The van der Waals surface area contributed by atoms with Gasteiger partial charge in [-0.1, -0.05) is 40.6 Å². The van der Waals surface area contributed by atoms with Crippen LogP contribution in [0.15, 0.2) is 18.2 Å². The van der Waals surface area contributed by atoms with Crippen LogP contribution >= 0.6 is 34.5 Å². The van der Waals surface area contributed by atoms with Crippen molar-refractivity contribution >= 4 is 44.5 Å². The minimum Gasteiger partial charge on any atom is -0.390 e. The third-order valence-electron chi connectivity index (χ3n) is 3.53. The Hall–Kier alpha value is -1.45. The first-order valence-corrected chi connectivity index (χ1v) is 8.29. The minimum atomic E-state index is 0.488. The van der Waals surface area contributed by atoms with E-state index in [1.54, 1.807) is 18.2 Å². The lowest BCUT2D eigenvalue weighted by molar-refractivity contribution is 0.123. The molecular weight excluding hydrogens is 341 g/mol. The zero-order valence-electron chi connectivity index (χ0n) is 11.6. The van der Waals surface area contributed by atoms with Crippen LogP contribution in [0.3, 0.4) is 0 Å². The Bertz CT molecular complexity index is 748. The predicted octanol–water partition coefficient (Wildman–Crippen LogP) is 4.01. The Morgan fingerprint density at radius 1 is 1.27 bits per heavy atom. The molecule has 0 bridgehead atoms. The van der Waals surface area contributed by atoms with E-state index >= 15 is 0 Å². The quantitative estimate of drug-likeness (QED) is 0.885. The molecule has 1 aliphatic heterocycles. The third-order valence-corrected chi connectivity index (χ3v) is 5.15. The van der Waals surface area contributed by atoms with E-state index in [1.165, 1.54) is 11.3 Å². The molecule has 0 spiro atoms. The summed E-state index contributed by atoms with van der Waals surface area (Å²) < 4.78 is 5.36. The van der Waals surface area contributed by atoms with Crippen LogP contribution in [0, 0.1) is 11.3 Å². The van der Waals surface area contributed by atoms with Crippen molar-refractivity contribution in [3.8, 4) is 17.2 Å². The Labute approximate surface area is 142 Å². The number of nitrogens with two attached hydrogens (primary N) is 1. The van der Waals surface area contributed by atoms with Gasteiger partial charge in [0.15, 0.2) is 0 Å². The van der Waals surface area contributed by atoms with Crippen LogP contribution in [0.2, 0.25) is 10.0 Å². The van der Waals surface area contributed by atoms with Gasteiger partial charge in [0.1, 0.15) is 11.1 Å². The first kappa shape index (κ1) is 15.4. The first-order valence-electron chi connectivity index (χ1n) is 6.72. The highest BCUT2D eigenvalue weighted by molar-refractivity contribution is 7.20. The van der Waals surface area contributed by atoms with Crippen molar-refractivity contribution < 1.29 is 4.74 Å². The summed E-state index contributed by atoms with van der Waals surface area (Å²) in [5.74, 6) is 0. The maximum absolute atomic E-state index is 9.62. The summed E-state index contributed by atoms with van der Waals surface area (Å²) >= 11 is 13.6. The zero-order chi connectivity index (χ0) is 15.7. The molecular formula is C15H13Cl2N3OS. The van der Waals surface area contributed by atoms with Gasteiger partial charge in [-0.15, -0.1) is 0 Å². The molecule has 1 saturated heterocycles. The number of halogens is 2. The lowest BCUT2D eigenvalue weighted by Gasteiger charge is -2.27. The second-order valence-corrected chi connectivity index (χ2v) is 6.73. The maximum atomic E-state index is 9.62. The van der Waals surface area contributed by atoms with Gasteiger partial charge in [-0.25, -0.2) is 0 Å². The number of hydrogen-bond acceptors (Lipinski definition) is 5. The van der Waals surface area contributed by atoms with E-state index in [1.807, 2.05) is 0 Å². The number of rotatable bonds is 2. The van der Waals surface area contributed by atoms with E-state index in [4.69, 9.17) is 33.7 Å². The van der Waals surface area contributed by atoms with Crippen molar-refractivity contribution in [3.63, 3.8) is 0 Å². The van der Waals surface area contributed by atoms with Crippen molar-refractivity contribution in [3.05, 3.63) is 33.8 Å². The highest BCUT2D eigenvalue weighted by Gasteiger charge is 2.24. The smallest absolute Gasteiger partial charge is 0.112 e. The van der Waals surface area contributed by atoms with Crippen molar-refractivity contribution in [1.29, 1.82) is 5.26 Å². The van der Waals surface area contributed by atoms with Crippen LogP contribution < -0.4 is 10.6 Å². The number of nitrogen functional groups attached to an aromatic ring is 1. The van der Waals surface area contributed by atoms with Gasteiger partial charge < -0.3 is 15.4 Å². The largest absolute Gasteiger partial charge is 0.390 e. The molecule has 2 aromatic rings. The average molecular weight is 354 g/mol. The normalized spacial score (nSPS) is 14.9. The molecule has 3 rings (SSSR count). The molecule has 2 N–H and O–H groups in total. The molecule has 22 heavy (non-hydrogen) atoms. The molecule has 7 heteroatoms. The fraction of sp³-hybridized carbons (Fsp3) is 0.267. The second-order valence-electron chi connectivity index (χ2n) is 4.86. The summed E-state index contributed by atoms with van der Waals surface area (Å²) in [5.41, 5.74) is 8.17. The molecule has 0 unspecified atom stereocenters. The topological polar surface area (TPSA) is 62.3 Å². The van der Waals surface area contributed by atoms with Gasteiger partial charge in [0.25, 0.3) is 0 Å². The van der Waals surface area contributed by atoms with Crippen LogP contribution in [-0.4, -0.2) is 26.3 Å². The van der Waals surface area contributed by atoms with Gasteiger partial charge in [-0.05, 0) is 12.1 Å². The Kier molecular flexibility index (Phi) is 4.46. The summed E-state index contributed by atoms with van der Waals surface area (Å²) in [6.07, 6.45) is 0. The molecule has 4 nitrogen and oxygen atoms in total. The van der Waals surface area contributed by atoms with Crippen LogP contribution in [0.1, 0.15) is 5.56 Å². The summed E-state index contributed by atoms with van der Waals surface area (Å²) in [5, 5.41) is 12.1. The van der Waals surface area contributed by atoms with Crippen molar-refractivity contribution in [2.45, 2.75) is 0 Å². The Morgan fingerprint density at radius 2 is 2.00 bits per heavy atom. The number of ether oxygens (including phenoxy) is 1. The van der Waals surface area contributed by atoms with Gasteiger partial charge in [-0.3, -0.25) is 0 Å². The zero-order valence-corrected chi connectivity index (χ0v) is 13.9. The number of benzene rings is 1. The van der Waals surface area contributed by atoms with Crippen LogP contribution in [0.5, 0.6) is 0 Å². The number of thiophene rings is 1. The molecule has 114 valence electrons. The van der Waals surface area contributed by atoms with Gasteiger partial charge in [0.05, 0.1) is 28.8 Å². The van der Waals surface area contributed by atoms with Crippen LogP contribution in [-0.2, 0) is 4.74 Å². The third kappa shape index (κ3) is 2.75. The second kappa shape index (κ2) is 6.35. The van der Waals surface area contributed by atoms with E-state index in [0.717, 1.165) is 23.7 Å². The van der Waals surface area contributed by atoms with Gasteiger partial charge >= 0.3 is 0 Å². The average Bonchev–Trinajstić information content (AvgIpc) is 2.85. The van der Waals surface area contributed by atoms with Crippen LogP contribution in [0.25, 0.3) is 11.1 Å². The molecule has 0 saturated carbocycles. The first-order chi connectivity index (χ1) is 10.6. The number of hydrogen-bond donors (Lipinski definition) is 1. The minimum absolute atomic E-state index is 0.488. The fourth-order valence-corrected chi connectivity index (χ4v) is 4.08. The molecule has 1 aromatic carbocycles. The van der Waals surface area contributed by atoms with E-state index in [-0.39, 0.29) is 0 Å². The lowest BCUT2D eigenvalue weighted by Crippen LogP contribution is -2.36. The Balaban J connectivity index is 2.12. The number of anilines is 2. The number of nitriles is 1. The van der Waals surface area contributed by atoms with Crippen molar-refractivity contribution in [2.75, 3.05) is 36.9 Å². The maximum Gasteiger partial charge on any atom is 0.112 e. The highest BCUT2D eigenvalue weighted by Crippen LogP contribution is 2.46. The lowest BCUT2D eigenvalue weighted by atomic mass is 10.0. The van der Waals surface area contributed by atoms with E-state index < -0.39 is 0 Å². The van der Waals surface area contributed by atoms with Gasteiger partial charge in [-0.2, -0.15) is 5.26 Å². The van der Waals surface area contributed by atoms with Gasteiger partial charge in [0, 0.05) is 29.2 Å². The predicted molar refractivity (Wildman–Crippen MR) is 91.9 cm³/mol. The van der Waals surface area contributed by atoms with E-state index in [0.29, 0.717) is 39.4 Å². The summed E-state index contributed by atoms with van der Waals surface area (Å²) in [6, 6.07) is 7.48. The SMILES string of the molecule is N#Cc1c(N2CCOCC2)sc(N)c1-c1ccc(Cl)cc1Cl. The Morgan fingerprint density at radius 3 is 2.64 bits per heavy atom. The molecule has 0 aliphatic carbocycles. The molecule has 2 heterocycles. The highest BCUT2D eigenvalue weighted by atomic mass is 35.5. The molecule has 0 amide bonds. The number of nitrogens with zero attached hydrogens (tertiary/aromatic N) is 2. The fourth-order valence-electron chi connectivity index (χ4n) is 2.49. The standard InChI is InChI=1S/C15H13Cl2N3OS/c16-9-1-2-10(12(17)7-9)13-11(8-18)15(22-14(13)19)20-3-5-21-6-4-20/h1-2,7H,3-6,19H2. The summed E-state index contributed by atoms with van der Waals surface area (Å²) in [7, 11) is 0. The van der Waals surface area contributed by atoms with Crippen molar-refractivity contribution in [2.24, 2.45) is 0 Å². The molecule has 1 aliphatic rings. The summed E-state index contributed by atoms with van der Waals surface area (Å²) in [4.78, 5) is 2.14. The van der Waals surface area contributed by atoms with E-state index in [2.05, 4.69) is 11.0 Å². The summed E-state index contributed by atoms with van der Waals surface area (Å²) in [6.45, 7) is 2.81. The monoisotopic (exact) mass is 353 g/mol. The molecule has 0 atom stereocenters.